The Balaban J connectivity index is 0.00000512. The van der Waals surface area contributed by atoms with Gasteiger partial charge in [0.1, 0.15) is 12.1 Å². The van der Waals surface area contributed by atoms with Crippen molar-refractivity contribution < 1.29 is 14.4 Å². The molecule has 8 N–H and O–H groups in total. The third-order valence-corrected chi connectivity index (χ3v) is 4.55. The van der Waals surface area contributed by atoms with E-state index in [2.05, 4.69) is 15.6 Å². The van der Waals surface area contributed by atoms with Gasteiger partial charge in [-0.2, -0.15) is 0 Å². The Morgan fingerprint density at radius 1 is 0.844 bits per heavy atom. The highest BCUT2D eigenvalue weighted by Gasteiger charge is 2.26. The van der Waals surface area contributed by atoms with E-state index in [0.717, 1.165) is 5.56 Å². The summed E-state index contributed by atoms with van der Waals surface area (Å²) >= 11 is 0. The summed E-state index contributed by atoms with van der Waals surface area (Å²) in [5, 5.41) is 5.37. The molecule has 3 amide bonds. The Bertz CT molecular complexity index is 904. The highest BCUT2D eigenvalue weighted by atomic mass is 35.5. The van der Waals surface area contributed by atoms with Crippen molar-refractivity contribution >= 4 is 36.1 Å². The first-order valence-electron chi connectivity index (χ1n) is 9.91. The minimum atomic E-state index is -0.913. The molecule has 172 valence electrons. The number of halogens is 1. The second kappa shape index (κ2) is 13.7. The third kappa shape index (κ3) is 9.05. The summed E-state index contributed by atoms with van der Waals surface area (Å²) in [5.41, 5.74) is 17.4. The Labute approximate surface area is 193 Å². The number of benzene rings is 2. The lowest BCUT2D eigenvalue weighted by molar-refractivity contribution is -0.128. The van der Waals surface area contributed by atoms with Crippen LogP contribution < -0.4 is 27.8 Å². The van der Waals surface area contributed by atoms with Gasteiger partial charge in [0, 0.05) is 18.5 Å². The quantitative estimate of drug-likeness (QED) is 0.186. The average Bonchev–Trinajstić information content (AvgIpc) is 2.76. The molecule has 2 aromatic carbocycles. The molecule has 9 nitrogen and oxygen atoms in total. The van der Waals surface area contributed by atoms with Crippen molar-refractivity contribution in [2.75, 3.05) is 6.54 Å². The van der Waals surface area contributed by atoms with E-state index in [-0.39, 0.29) is 31.2 Å². The van der Waals surface area contributed by atoms with Crippen LogP contribution in [0.15, 0.2) is 65.7 Å². The van der Waals surface area contributed by atoms with Crippen molar-refractivity contribution in [1.82, 2.24) is 10.6 Å². The van der Waals surface area contributed by atoms with E-state index in [1.807, 2.05) is 30.3 Å². The first-order chi connectivity index (χ1) is 14.9. The molecule has 10 heteroatoms. The summed E-state index contributed by atoms with van der Waals surface area (Å²) < 4.78 is 0. The van der Waals surface area contributed by atoms with Crippen LogP contribution >= 0.6 is 12.4 Å². The number of carbonyl (C=O) groups is 3. The molecular formula is C22H29ClN6O3. The molecule has 2 aromatic rings. The van der Waals surface area contributed by atoms with Gasteiger partial charge in [-0.3, -0.25) is 19.4 Å². The molecule has 0 aliphatic rings. The molecule has 0 spiro atoms. The summed E-state index contributed by atoms with van der Waals surface area (Å²) in [6, 6.07) is 15.9. The van der Waals surface area contributed by atoms with Crippen LogP contribution in [0.2, 0.25) is 0 Å². The molecule has 0 aromatic heterocycles. The van der Waals surface area contributed by atoms with Crippen molar-refractivity contribution in [3.8, 4) is 0 Å². The first kappa shape index (κ1) is 26.4. The number of hydrogen-bond donors (Lipinski definition) is 5. The topological polar surface area (TPSA) is 166 Å². The zero-order chi connectivity index (χ0) is 22.6. The molecular weight excluding hydrogens is 432 g/mol. The van der Waals surface area contributed by atoms with Crippen LogP contribution in [0.1, 0.15) is 28.8 Å². The second-order valence-corrected chi connectivity index (χ2v) is 6.99. The third-order valence-electron chi connectivity index (χ3n) is 4.55. The number of guanidine groups is 1. The van der Waals surface area contributed by atoms with Crippen molar-refractivity contribution in [2.45, 2.75) is 31.3 Å². The number of amides is 3. The molecule has 0 aliphatic heterocycles. The van der Waals surface area contributed by atoms with Crippen LogP contribution in [-0.2, 0) is 16.0 Å². The Morgan fingerprint density at radius 2 is 1.44 bits per heavy atom. The van der Waals surface area contributed by atoms with E-state index in [1.165, 1.54) is 0 Å². The van der Waals surface area contributed by atoms with E-state index in [4.69, 9.17) is 17.2 Å². The van der Waals surface area contributed by atoms with Gasteiger partial charge in [0.05, 0.1) is 0 Å². The maximum absolute atomic E-state index is 12.9. The Morgan fingerprint density at radius 3 is 2.00 bits per heavy atom. The van der Waals surface area contributed by atoms with Crippen molar-refractivity contribution in [3.05, 3.63) is 71.8 Å². The lowest BCUT2D eigenvalue weighted by atomic mass is 10.0. The van der Waals surface area contributed by atoms with Crippen molar-refractivity contribution in [2.24, 2.45) is 22.2 Å². The monoisotopic (exact) mass is 460 g/mol. The number of rotatable bonds is 11. The molecule has 0 heterocycles. The minimum Gasteiger partial charge on any atom is -0.370 e. The molecule has 0 unspecified atom stereocenters. The molecule has 0 aliphatic carbocycles. The fourth-order valence-corrected chi connectivity index (χ4v) is 2.95. The fraction of sp³-hybridized carbons (Fsp3) is 0.273. The van der Waals surface area contributed by atoms with Crippen molar-refractivity contribution in [3.63, 3.8) is 0 Å². The first-order valence-corrected chi connectivity index (χ1v) is 9.91. The average molecular weight is 461 g/mol. The van der Waals surface area contributed by atoms with Gasteiger partial charge in [-0.15, -0.1) is 12.4 Å². The van der Waals surface area contributed by atoms with E-state index in [1.54, 1.807) is 30.3 Å². The number of nitrogens with two attached hydrogens (primary N) is 3. The number of primary amides is 1. The maximum atomic E-state index is 12.9. The largest absolute Gasteiger partial charge is 0.370 e. The highest BCUT2D eigenvalue weighted by Crippen LogP contribution is 2.07. The second-order valence-electron chi connectivity index (χ2n) is 6.99. The molecule has 0 radical (unpaired) electrons. The van der Waals surface area contributed by atoms with E-state index in [9.17, 15) is 14.4 Å². The summed E-state index contributed by atoms with van der Waals surface area (Å²) in [5.74, 6) is -1.62. The molecule has 32 heavy (non-hydrogen) atoms. The summed E-state index contributed by atoms with van der Waals surface area (Å²) in [6.45, 7) is 0.302. The zero-order valence-electron chi connectivity index (χ0n) is 17.6. The SMILES string of the molecule is Cl.NC(=O)[C@H](Cc1ccccc1)NC(=O)[C@H](CCCN=C(N)N)NC(=O)c1ccccc1. The predicted octanol–water partition coefficient (Wildman–Crippen LogP) is 0.473. The van der Waals surface area contributed by atoms with Crippen LogP contribution in [0, 0.1) is 0 Å². The van der Waals surface area contributed by atoms with Gasteiger partial charge in [-0.05, 0) is 30.5 Å². The van der Waals surface area contributed by atoms with Crippen LogP contribution in [0.25, 0.3) is 0 Å². The van der Waals surface area contributed by atoms with Crippen molar-refractivity contribution in [1.29, 1.82) is 0 Å². The Hall–Kier alpha value is -3.59. The molecule has 2 atom stereocenters. The smallest absolute Gasteiger partial charge is 0.251 e. The van der Waals surface area contributed by atoms with Crippen LogP contribution in [0.4, 0.5) is 0 Å². The van der Waals surface area contributed by atoms with Gasteiger partial charge >= 0.3 is 0 Å². The predicted molar refractivity (Wildman–Crippen MR) is 126 cm³/mol. The van der Waals surface area contributed by atoms with Gasteiger partial charge in [-0.1, -0.05) is 48.5 Å². The zero-order valence-corrected chi connectivity index (χ0v) is 18.4. The van der Waals surface area contributed by atoms with Gasteiger partial charge in [-0.25, -0.2) is 0 Å². The van der Waals surface area contributed by atoms with E-state index < -0.39 is 29.8 Å². The fourth-order valence-electron chi connectivity index (χ4n) is 2.95. The van der Waals surface area contributed by atoms with Gasteiger partial charge < -0.3 is 27.8 Å². The molecule has 0 saturated heterocycles. The molecule has 0 fully saturated rings. The van der Waals surface area contributed by atoms with Gasteiger partial charge in [0.2, 0.25) is 11.8 Å². The summed E-state index contributed by atoms with van der Waals surface area (Å²) in [7, 11) is 0. The number of hydrogen-bond acceptors (Lipinski definition) is 4. The van der Waals surface area contributed by atoms with E-state index >= 15 is 0 Å². The number of nitrogens with zero attached hydrogens (tertiary/aromatic N) is 1. The standard InChI is InChI=1S/C22H28N6O3.ClH/c23-19(29)18(14-15-8-3-1-4-9-15)28-21(31)17(12-7-13-26-22(24)25)27-20(30)16-10-5-2-6-11-16;/h1-6,8-11,17-18H,7,12-14H2,(H2,23,29)(H,27,30)(H,28,31)(H4,24,25,26);1H/t17-,18-;/m0./s1. The summed E-state index contributed by atoms with van der Waals surface area (Å²) in [4.78, 5) is 41.3. The van der Waals surface area contributed by atoms with Crippen LogP contribution in [0.3, 0.4) is 0 Å². The van der Waals surface area contributed by atoms with Gasteiger partial charge in [0.25, 0.3) is 5.91 Å². The Kier molecular flexibility index (Phi) is 11.3. The molecule has 2 rings (SSSR count). The lowest BCUT2D eigenvalue weighted by Gasteiger charge is -2.22. The molecule has 0 bridgehead atoms. The number of aliphatic imine (C=N–C) groups is 1. The van der Waals surface area contributed by atoms with Crippen LogP contribution in [0.5, 0.6) is 0 Å². The lowest BCUT2D eigenvalue weighted by Crippen LogP contribution is -2.53. The summed E-state index contributed by atoms with van der Waals surface area (Å²) in [6.07, 6.45) is 0.970. The minimum absolute atomic E-state index is 0. The van der Waals surface area contributed by atoms with Crippen LogP contribution in [-0.4, -0.2) is 42.3 Å². The molecule has 0 saturated carbocycles. The number of nitrogens with one attached hydrogen (secondary N) is 2. The normalized spacial score (nSPS) is 11.9. The van der Waals surface area contributed by atoms with E-state index in [0.29, 0.717) is 18.5 Å². The number of carbonyl (C=O) groups excluding carboxylic acids is 3. The maximum Gasteiger partial charge on any atom is 0.251 e. The highest BCUT2D eigenvalue weighted by molar-refractivity contribution is 5.98. The van der Waals surface area contributed by atoms with Gasteiger partial charge in [0.15, 0.2) is 5.96 Å².